The number of aromatic nitrogens is 4. The van der Waals surface area contributed by atoms with E-state index >= 15 is 0 Å². The monoisotopic (exact) mass is 508 g/mol. The molecule has 0 aliphatic carbocycles. The zero-order valence-electron chi connectivity index (χ0n) is 22.2. The molecule has 10 nitrogen and oxygen atoms in total. The summed E-state index contributed by atoms with van der Waals surface area (Å²) in [5.41, 5.74) is 1.61. The smallest absolute Gasteiger partial charge is 0.247 e. The largest absolute Gasteiger partial charge is 0.493 e. The lowest BCUT2D eigenvalue weighted by Crippen LogP contribution is -2.50. The van der Waals surface area contributed by atoms with E-state index in [4.69, 9.17) is 9.47 Å². The minimum absolute atomic E-state index is 0.150. The first-order valence-corrected chi connectivity index (χ1v) is 12.5. The summed E-state index contributed by atoms with van der Waals surface area (Å²) in [5, 5.41) is 15.6. The van der Waals surface area contributed by atoms with Crippen molar-refractivity contribution in [2.24, 2.45) is 5.92 Å². The lowest BCUT2D eigenvalue weighted by Gasteiger charge is -2.30. The van der Waals surface area contributed by atoms with Gasteiger partial charge in [-0.05, 0) is 47.7 Å². The Hall–Kier alpha value is -3.95. The Kier molecular flexibility index (Phi) is 10.00. The lowest BCUT2D eigenvalue weighted by molar-refractivity contribution is -0.142. The van der Waals surface area contributed by atoms with Crippen LogP contribution in [-0.4, -0.2) is 63.7 Å². The molecule has 0 aliphatic rings. The molecule has 37 heavy (non-hydrogen) atoms. The second kappa shape index (κ2) is 13.4. The summed E-state index contributed by atoms with van der Waals surface area (Å²) in [7, 11) is 3.11. The number of tetrazole rings is 1. The summed E-state index contributed by atoms with van der Waals surface area (Å²) in [6.45, 7) is 6.84. The summed E-state index contributed by atoms with van der Waals surface area (Å²) in [4.78, 5) is 29.4. The molecular formula is C27H36N6O4. The maximum atomic E-state index is 13.5. The Bertz CT molecular complexity index is 1160. The Labute approximate surface area is 217 Å². The molecule has 0 aliphatic heterocycles. The number of amides is 2. The summed E-state index contributed by atoms with van der Waals surface area (Å²) in [6, 6.07) is 14.3. The molecule has 3 rings (SSSR count). The number of nitrogens with zero attached hydrogens (tertiary/aromatic N) is 5. The van der Waals surface area contributed by atoms with E-state index in [-0.39, 0.29) is 18.4 Å². The minimum atomic E-state index is -0.617. The summed E-state index contributed by atoms with van der Waals surface area (Å²) in [6.07, 6.45) is 1.35. The van der Waals surface area contributed by atoms with Crippen molar-refractivity contribution in [1.82, 2.24) is 30.4 Å². The molecule has 0 saturated carbocycles. The normalized spacial score (nSPS) is 11.7. The first-order chi connectivity index (χ1) is 17.9. The van der Waals surface area contributed by atoms with Crippen LogP contribution in [0.3, 0.4) is 0 Å². The number of carbonyl (C=O) groups is 2. The van der Waals surface area contributed by atoms with Gasteiger partial charge in [0.2, 0.25) is 17.6 Å². The van der Waals surface area contributed by atoms with E-state index in [1.807, 2.05) is 37.3 Å². The highest BCUT2D eigenvalue weighted by atomic mass is 16.5. The van der Waals surface area contributed by atoms with Gasteiger partial charge in [0.25, 0.3) is 0 Å². The molecule has 1 heterocycles. The van der Waals surface area contributed by atoms with E-state index in [1.165, 1.54) is 4.80 Å². The highest BCUT2D eigenvalue weighted by Gasteiger charge is 2.29. The number of carbonyl (C=O) groups excluding carboxylic acids is 2. The average molecular weight is 509 g/mol. The van der Waals surface area contributed by atoms with E-state index in [2.05, 4.69) is 34.6 Å². The number of benzene rings is 2. The van der Waals surface area contributed by atoms with E-state index in [0.29, 0.717) is 48.3 Å². The van der Waals surface area contributed by atoms with Gasteiger partial charge in [-0.15, -0.1) is 10.2 Å². The summed E-state index contributed by atoms with van der Waals surface area (Å²) in [5.74, 6) is 1.51. The third kappa shape index (κ3) is 7.52. The van der Waals surface area contributed by atoms with E-state index in [0.717, 1.165) is 12.0 Å². The molecule has 2 aromatic carbocycles. The van der Waals surface area contributed by atoms with Crippen molar-refractivity contribution in [3.8, 4) is 22.9 Å². The number of hydrogen-bond acceptors (Lipinski definition) is 7. The summed E-state index contributed by atoms with van der Waals surface area (Å²) < 4.78 is 10.6. The van der Waals surface area contributed by atoms with Crippen LogP contribution in [0.2, 0.25) is 0 Å². The van der Waals surface area contributed by atoms with E-state index < -0.39 is 6.04 Å². The van der Waals surface area contributed by atoms with Gasteiger partial charge < -0.3 is 19.7 Å². The van der Waals surface area contributed by atoms with Gasteiger partial charge in [-0.3, -0.25) is 9.59 Å². The molecular weight excluding hydrogens is 472 g/mol. The minimum Gasteiger partial charge on any atom is -0.493 e. The van der Waals surface area contributed by atoms with E-state index in [9.17, 15) is 9.59 Å². The summed E-state index contributed by atoms with van der Waals surface area (Å²) >= 11 is 0. The lowest BCUT2D eigenvalue weighted by atomic mass is 10.1. The number of methoxy groups -OCH3 is 2. The molecule has 0 fully saturated rings. The molecule has 1 atom stereocenters. The van der Waals surface area contributed by atoms with Crippen molar-refractivity contribution in [2.75, 3.05) is 20.8 Å². The van der Waals surface area contributed by atoms with Crippen LogP contribution in [0.4, 0.5) is 0 Å². The molecule has 0 bridgehead atoms. The van der Waals surface area contributed by atoms with Gasteiger partial charge in [0.15, 0.2) is 11.5 Å². The Balaban J connectivity index is 1.80. The predicted octanol–water partition coefficient (Wildman–Crippen LogP) is 3.33. The van der Waals surface area contributed by atoms with Gasteiger partial charge in [0, 0.05) is 18.7 Å². The molecule has 10 heteroatoms. The molecule has 198 valence electrons. The Morgan fingerprint density at radius 2 is 1.78 bits per heavy atom. The fourth-order valence-electron chi connectivity index (χ4n) is 3.91. The fraction of sp³-hybridized carbons (Fsp3) is 0.444. The third-order valence-corrected chi connectivity index (χ3v) is 5.97. The topological polar surface area (TPSA) is 111 Å². The van der Waals surface area contributed by atoms with E-state index in [1.54, 1.807) is 37.3 Å². The zero-order valence-corrected chi connectivity index (χ0v) is 22.2. The first-order valence-electron chi connectivity index (χ1n) is 12.5. The molecule has 0 saturated heterocycles. The van der Waals surface area contributed by atoms with Gasteiger partial charge in [-0.1, -0.05) is 51.1 Å². The number of hydrogen-bond donors (Lipinski definition) is 1. The van der Waals surface area contributed by atoms with Crippen LogP contribution in [0.1, 0.15) is 39.2 Å². The SMILES string of the molecule is CCC(C(=O)NCCC(C)C)N(Cc1ccccc1)C(=O)Cn1nnc(-c2ccc(OC)c(OC)c2)n1. The Morgan fingerprint density at radius 3 is 2.43 bits per heavy atom. The molecule has 0 spiro atoms. The molecule has 1 N–H and O–H groups in total. The van der Waals surface area contributed by atoms with Crippen LogP contribution < -0.4 is 14.8 Å². The maximum Gasteiger partial charge on any atom is 0.247 e. The van der Waals surface area contributed by atoms with Crippen LogP contribution in [0, 0.1) is 5.92 Å². The highest BCUT2D eigenvalue weighted by Crippen LogP contribution is 2.30. The van der Waals surface area contributed by atoms with Crippen LogP contribution in [0.25, 0.3) is 11.4 Å². The van der Waals surface area contributed by atoms with Crippen molar-refractivity contribution < 1.29 is 19.1 Å². The third-order valence-electron chi connectivity index (χ3n) is 5.97. The second-order valence-corrected chi connectivity index (χ2v) is 9.12. The van der Waals surface area contributed by atoms with Gasteiger partial charge in [0.05, 0.1) is 14.2 Å². The van der Waals surface area contributed by atoms with Crippen LogP contribution in [-0.2, 0) is 22.7 Å². The van der Waals surface area contributed by atoms with Gasteiger partial charge >= 0.3 is 0 Å². The standard InChI is InChI=1S/C27H36N6O4/c1-6-22(27(35)28-15-14-19(2)3)32(17-20-10-8-7-9-11-20)25(34)18-33-30-26(29-31-33)21-12-13-23(36-4)24(16-21)37-5/h7-13,16,19,22H,6,14-15,17-18H2,1-5H3,(H,28,35). The molecule has 1 unspecified atom stereocenters. The molecule has 3 aromatic rings. The van der Waals surface area contributed by atoms with Gasteiger partial charge in [-0.25, -0.2) is 0 Å². The fourth-order valence-corrected chi connectivity index (χ4v) is 3.91. The van der Waals surface area contributed by atoms with Crippen molar-refractivity contribution in [3.05, 3.63) is 54.1 Å². The Morgan fingerprint density at radius 1 is 1.05 bits per heavy atom. The van der Waals surface area contributed by atoms with Crippen molar-refractivity contribution >= 4 is 11.8 Å². The highest BCUT2D eigenvalue weighted by molar-refractivity contribution is 5.87. The van der Waals surface area contributed by atoms with Crippen LogP contribution in [0.15, 0.2) is 48.5 Å². The van der Waals surface area contributed by atoms with Gasteiger partial charge in [0.1, 0.15) is 12.6 Å². The maximum absolute atomic E-state index is 13.5. The molecule has 0 radical (unpaired) electrons. The second-order valence-electron chi connectivity index (χ2n) is 9.12. The van der Waals surface area contributed by atoms with Crippen molar-refractivity contribution in [3.63, 3.8) is 0 Å². The molecule has 1 aromatic heterocycles. The molecule has 2 amide bonds. The predicted molar refractivity (Wildman–Crippen MR) is 140 cm³/mol. The van der Waals surface area contributed by atoms with Gasteiger partial charge in [-0.2, -0.15) is 4.80 Å². The van der Waals surface area contributed by atoms with Crippen LogP contribution in [0.5, 0.6) is 11.5 Å². The van der Waals surface area contributed by atoms with Crippen LogP contribution >= 0.6 is 0 Å². The number of rotatable bonds is 13. The number of ether oxygens (including phenoxy) is 2. The first kappa shape index (κ1) is 27.6. The quantitative estimate of drug-likeness (QED) is 0.377. The van der Waals surface area contributed by atoms with Crippen molar-refractivity contribution in [1.29, 1.82) is 0 Å². The number of nitrogens with one attached hydrogen (secondary N) is 1. The average Bonchev–Trinajstić information content (AvgIpc) is 3.36. The zero-order chi connectivity index (χ0) is 26.8. The van der Waals surface area contributed by atoms with Crippen molar-refractivity contribution in [2.45, 2.75) is 52.7 Å².